The van der Waals surface area contributed by atoms with Crippen LogP contribution in [0.25, 0.3) is 21.3 Å². The summed E-state index contributed by atoms with van der Waals surface area (Å²) in [6.45, 7) is 7.26. The second-order valence-corrected chi connectivity index (χ2v) is 15.8. The second-order valence-electron chi connectivity index (χ2n) is 12.5. The number of nitrogens with zero attached hydrogens (tertiary/aromatic N) is 3. The maximum absolute atomic E-state index is 13.4. The Hall–Kier alpha value is -2.40. The van der Waals surface area contributed by atoms with Gasteiger partial charge in [-0.1, -0.05) is 11.6 Å². The van der Waals surface area contributed by atoms with Gasteiger partial charge in [0.25, 0.3) is 10.1 Å². The van der Waals surface area contributed by atoms with Gasteiger partial charge in [0.1, 0.15) is 12.2 Å². The summed E-state index contributed by atoms with van der Waals surface area (Å²) in [6.07, 6.45) is 8.64. The Kier molecular flexibility index (Phi) is 7.28. The van der Waals surface area contributed by atoms with Crippen LogP contribution in [0.1, 0.15) is 63.3 Å². The maximum atomic E-state index is 13.4. The molecule has 220 valence electrons. The average Bonchev–Trinajstić information content (AvgIpc) is 3.47. The Labute approximate surface area is 250 Å². The molecule has 1 spiro atoms. The molecule has 1 saturated heterocycles. The number of amides is 1. The van der Waals surface area contributed by atoms with Crippen molar-refractivity contribution in [2.24, 2.45) is 0 Å². The number of carbonyl (C=O) groups is 1. The fraction of sp³-hybridized carbons (Fsp3) is 0.533. The van der Waals surface area contributed by atoms with Gasteiger partial charge >= 0.3 is 6.09 Å². The Morgan fingerprint density at radius 1 is 1.20 bits per heavy atom. The van der Waals surface area contributed by atoms with E-state index in [0.717, 1.165) is 77.5 Å². The van der Waals surface area contributed by atoms with Crippen molar-refractivity contribution >= 4 is 55.1 Å². The summed E-state index contributed by atoms with van der Waals surface area (Å²) in [5.74, 6) is 0. The third-order valence-corrected chi connectivity index (χ3v) is 10.3. The number of thiophene rings is 1. The number of rotatable bonds is 5. The number of anilines is 1. The normalized spacial score (nSPS) is 20.4. The van der Waals surface area contributed by atoms with Gasteiger partial charge in [-0.3, -0.25) is 9.17 Å². The van der Waals surface area contributed by atoms with Crippen LogP contribution in [0.4, 0.5) is 10.5 Å². The molecule has 1 atom stereocenters. The first-order valence-electron chi connectivity index (χ1n) is 14.1. The van der Waals surface area contributed by atoms with Crippen molar-refractivity contribution in [1.29, 1.82) is 0 Å². The Morgan fingerprint density at radius 3 is 2.66 bits per heavy atom. The molecule has 1 saturated carbocycles. The van der Waals surface area contributed by atoms with Crippen LogP contribution in [0.15, 0.2) is 30.5 Å². The summed E-state index contributed by atoms with van der Waals surface area (Å²) < 4.78 is 35.1. The van der Waals surface area contributed by atoms with Gasteiger partial charge in [0.05, 0.1) is 16.5 Å². The third kappa shape index (κ3) is 5.68. The lowest BCUT2D eigenvalue weighted by Gasteiger charge is -2.45. The van der Waals surface area contributed by atoms with Crippen LogP contribution >= 0.6 is 22.9 Å². The fourth-order valence-electron chi connectivity index (χ4n) is 6.61. The zero-order chi connectivity index (χ0) is 29.2. The second kappa shape index (κ2) is 10.4. The Balaban J connectivity index is 1.39. The first kappa shape index (κ1) is 28.7. The molecular formula is C30H36ClN3O5S2. The molecule has 3 aliphatic rings. The number of hydrogen-bond acceptors (Lipinski definition) is 8. The van der Waals surface area contributed by atoms with Crippen molar-refractivity contribution in [2.45, 2.75) is 83.1 Å². The van der Waals surface area contributed by atoms with Gasteiger partial charge in [0.2, 0.25) is 0 Å². The topological polar surface area (TPSA) is 89.0 Å². The molecule has 0 N–H and O–H groups in total. The highest BCUT2D eigenvalue weighted by molar-refractivity contribution is 7.85. The van der Waals surface area contributed by atoms with E-state index < -0.39 is 15.7 Å². The molecule has 6 rings (SSSR count). The SMILES string of the molecule is CC(C)(C)OC(=O)N1CC(N2CCCc3cc(Cl)cc(-c4ccnc5cc(COS(C)(=O)=O)sc45)c32)CC12CCC2. The minimum absolute atomic E-state index is 0.0241. The molecule has 4 heterocycles. The van der Waals surface area contributed by atoms with Crippen molar-refractivity contribution in [3.05, 3.63) is 45.9 Å². The molecule has 1 unspecified atom stereocenters. The van der Waals surface area contributed by atoms with Crippen LogP contribution in [0.2, 0.25) is 5.02 Å². The predicted molar refractivity (Wildman–Crippen MR) is 163 cm³/mol. The highest BCUT2D eigenvalue weighted by Crippen LogP contribution is 2.50. The van der Waals surface area contributed by atoms with E-state index in [9.17, 15) is 13.2 Å². The van der Waals surface area contributed by atoms with E-state index in [-0.39, 0.29) is 24.3 Å². The summed E-state index contributed by atoms with van der Waals surface area (Å²) in [7, 11) is -3.56. The number of halogens is 1. The highest BCUT2D eigenvalue weighted by atomic mass is 35.5. The molecule has 41 heavy (non-hydrogen) atoms. The molecular weight excluding hydrogens is 582 g/mol. The van der Waals surface area contributed by atoms with E-state index >= 15 is 0 Å². The highest BCUT2D eigenvalue weighted by Gasteiger charge is 2.54. The number of hydrogen-bond donors (Lipinski definition) is 0. The number of likely N-dealkylation sites (tertiary alicyclic amines) is 1. The summed E-state index contributed by atoms with van der Waals surface area (Å²) >= 11 is 8.20. The Bertz CT molecular complexity index is 1610. The summed E-state index contributed by atoms with van der Waals surface area (Å²) in [5, 5.41) is 0.681. The quantitative estimate of drug-likeness (QED) is 0.292. The summed E-state index contributed by atoms with van der Waals surface area (Å²) in [5.41, 5.74) is 4.54. The minimum Gasteiger partial charge on any atom is -0.444 e. The van der Waals surface area contributed by atoms with E-state index in [4.69, 9.17) is 20.5 Å². The van der Waals surface area contributed by atoms with E-state index in [1.165, 1.54) is 22.6 Å². The molecule has 3 aromatic rings. The van der Waals surface area contributed by atoms with E-state index in [1.54, 1.807) is 6.20 Å². The molecule has 2 aliphatic heterocycles. The molecule has 2 aromatic heterocycles. The first-order valence-corrected chi connectivity index (χ1v) is 17.1. The first-order chi connectivity index (χ1) is 19.3. The number of aromatic nitrogens is 1. The average molecular weight is 618 g/mol. The zero-order valence-electron chi connectivity index (χ0n) is 23.9. The van der Waals surface area contributed by atoms with Crippen molar-refractivity contribution in [3.8, 4) is 11.1 Å². The number of pyridine rings is 1. The van der Waals surface area contributed by atoms with Gasteiger partial charge in [-0.2, -0.15) is 8.42 Å². The summed E-state index contributed by atoms with van der Waals surface area (Å²) in [4.78, 5) is 23.2. The standard InChI is InChI=1S/C30H36ClN3O5S2/c1-29(2,3)39-28(35)34-17-21(16-30(34)9-6-10-30)33-12-5-7-19-13-20(31)14-24(26(19)33)23-8-11-32-25-15-22(40-27(23)25)18-38-41(4,36)37/h8,11,13-15,21H,5-7,9-10,12,16-18H2,1-4H3. The van der Waals surface area contributed by atoms with Crippen molar-refractivity contribution in [1.82, 2.24) is 9.88 Å². The molecule has 1 aromatic carbocycles. The van der Waals surface area contributed by atoms with Gasteiger partial charge in [-0.15, -0.1) is 11.3 Å². The Morgan fingerprint density at radius 2 is 1.98 bits per heavy atom. The van der Waals surface area contributed by atoms with E-state index in [1.807, 2.05) is 43.9 Å². The molecule has 0 bridgehead atoms. The molecule has 1 amide bonds. The fourth-order valence-corrected chi connectivity index (χ4v) is 8.33. The molecule has 11 heteroatoms. The van der Waals surface area contributed by atoms with Gasteiger partial charge in [0, 0.05) is 57.6 Å². The van der Waals surface area contributed by atoms with Crippen LogP contribution in [0.3, 0.4) is 0 Å². The van der Waals surface area contributed by atoms with Crippen molar-refractivity contribution < 1.29 is 22.1 Å². The number of carbonyl (C=O) groups excluding carboxylic acids is 1. The van der Waals surface area contributed by atoms with Gasteiger partial charge < -0.3 is 14.5 Å². The van der Waals surface area contributed by atoms with Crippen LogP contribution in [0.5, 0.6) is 0 Å². The van der Waals surface area contributed by atoms with Crippen LogP contribution in [-0.4, -0.2) is 60.9 Å². The van der Waals surface area contributed by atoms with E-state index in [0.29, 0.717) is 11.6 Å². The molecule has 1 aliphatic carbocycles. The van der Waals surface area contributed by atoms with Crippen molar-refractivity contribution in [2.75, 3.05) is 24.2 Å². The minimum atomic E-state index is -3.56. The largest absolute Gasteiger partial charge is 0.444 e. The van der Waals surface area contributed by atoms with Gasteiger partial charge in [-0.25, -0.2) is 4.79 Å². The lowest BCUT2D eigenvalue weighted by Crippen LogP contribution is -2.53. The number of fused-ring (bicyclic) bond motifs is 2. The van der Waals surface area contributed by atoms with E-state index in [2.05, 4.69) is 16.0 Å². The lowest BCUT2D eigenvalue weighted by molar-refractivity contribution is -0.00979. The maximum Gasteiger partial charge on any atom is 0.410 e. The third-order valence-electron chi connectivity index (χ3n) is 8.37. The van der Waals surface area contributed by atoms with Crippen LogP contribution in [-0.2, 0) is 32.1 Å². The number of benzene rings is 1. The molecule has 2 fully saturated rings. The molecule has 8 nitrogen and oxygen atoms in total. The smallest absolute Gasteiger partial charge is 0.410 e. The van der Waals surface area contributed by atoms with Gasteiger partial charge in [-0.05, 0) is 89.1 Å². The summed E-state index contributed by atoms with van der Waals surface area (Å²) in [6, 6.07) is 8.17. The monoisotopic (exact) mass is 617 g/mol. The zero-order valence-corrected chi connectivity index (χ0v) is 26.3. The van der Waals surface area contributed by atoms with Crippen molar-refractivity contribution in [3.63, 3.8) is 0 Å². The number of ether oxygens (including phenoxy) is 1. The van der Waals surface area contributed by atoms with Crippen LogP contribution in [0, 0.1) is 0 Å². The number of aryl methyl sites for hydroxylation is 1. The lowest BCUT2D eigenvalue weighted by atomic mass is 9.74. The van der Waals surface area contributed by atoms with Crippen LogP contribution < -0.4 is 4.90 Å². The molecule has 0 radical (unpaired) electrons. The van der Waals surface area contributed by atoms with Gasteiger partial charge in [0.15, 0.2) is 0 Å². The predicted octanol–water partition coefficient (Wildman–Crippen LogP) is 6.78.